The van der Waals surface area contributed by atoms with Gasteiger partial charge >= 0.3 is 0 Å². The zero-order valence-electron chi connectivity index (χ0n) is 13.7. The number of nitrogens with zero attached hydrogens (tertiary/aromatic N) is 1. The lowest BCUT2D eigenvalue weighted by Crippen LogP contribution is -2.26. The van der Waals surface area contributed by atoms with Gasteiger partial charge in [-0.05, 0) is 24.0 Å². The summed E-state index contributed by atoms with van der Waals surface area (Å²) in [5.41, 5.74) is 0.537. The van der Waals surface area contributed by atoms with Gasteiger partial charge in [0.25, 0.3) is 5.91 Å². The van der Waals surface area contributed by atoms with E-state index in [2.05, 4.69) is 10.3 Å². The molecule has 1 heterocycles. The molecule has 0 fully saturated rings. The van der Waals surface area contributed by atoms with E-state index in [4.69, 9.17) is 4.74 Å². The molecule has 3 rings (SSSR count). The zero-order chi connectivity index (χ0) is 18.2. The lowest BCUT2D eigenvalue weighted by atomic mass is 9.78. The summed E-state index contributed by atoms with van der Waals surface area (Å²) in [6, 6.07) is 2.83. The van der Waals surface area contributed by atoms with E-state index in [1.165, 1.54) is 0 Å². The minimum absolute atomic E-state index is 0.0221. The van der Waals surface area contributed by atoms with E-state index < -0.39 is 24.1 Å². The molecule has 5 nitrogen and oxygen atoms in total. The normalized spacial score (nSPS) is 15.6. The third-order valence-electron chi connectivity index (χ3n) is 3.73. The van der Waals surface area contributed by atoms with Crippen LogP contribution in [0.15, 0.2) is 18.2 Å². The van der Waals surface area contributed by atoms with Crippen molar-refractivity contribution < 1.29 is 23.1 Å². The van der Waals surface area contributed by atoms with Gasteiger partial charge in [0.2, 0.25) is 0 Å². The van der Waals surface area contributed by atoms with Crippen LogP contribution in [0.25, 0.3) is 0 Å². The van der Waals surface area contributed by atoms with Crippen molar-refractivity contribution in [3.63, 3.8) is 0 Å². The molecule has 0 radical (unpaired) electrons. The van der Waals surface area contributed by atoms with Gasteiger partial charge in [0.1, 0.15) is 5.82 Å². The Labute approximate surface area is 147 Å². The molecule has 1 aromatic carbocycles. The van der Waals surface area contributed by atoms with Gasteiger partial charge in [-0.2, -0.15) is 0 Å². The molecule has 132 valence electrons. The van der Waals surface area contributed by atoms with Crippen LogP contribution in [-0.4, -0.2) is 23.3 Å². The number of halogens is 2. The van der Waals surface area contributed by atoms with Crippen molar-refractivity contribution in [2.24, 2.45) is 5.41 Å². The van der Waals surface area contributed by atoms with Crippen molar-refractivity contribution in [1.82, 2.24) is 4.98 Å². The number of thiazole rings is 1. The number of carbonyl (C=O) groups excluding carboxylic acids is 2. The van der Waals surface area contributed by atoms with Crippen molar-refractivity contribution in [2.45, 2.75) is 26.7 Å². The molecule has 1 N–H and O–H groups in total. The largest absolute Gasteiger partial charge is 0.481 e. The summed E-state index contributed by atoms with van der Waals surface area (Å²) >= 11 is 1.13. The van der Waals surface area contributed by atoms with Gasteiger partial charge in [-0.1, -0.05) is 25.2 Å². The molecule has 1 amide bonds. The molecular weight excluding hydrogens is 350 g/mol. The fourth-order valence-electron chi connectivity index (χ4n) is 2.66. The van der Waals surface area contributed by atoms with Gasteiger partial charge in [0, 0.05) is 12.5 Å². The second-order valence-electron chi connectivity index (χ2n) is 6.65. The molecule has 0 saturated heterocycles. The second-order valence-corrected chi connectivity index (χ2v) is 7.65. The second kappa shape index (κ2) is 6.51. The summed E-state index contributed by atoms with van der Waals surface area (Å²) in [7, 11) is 0. The fraction of sp³-hybridized carbons (Fsp3) is 0.353. The summed E-state index contributed by atoms with van der Waals surface area (Å²) in [6.45, 7) is 3.54. The molecule has 1 aliphatic carbocycles. The predicted molar refractivity (Wildman–Crippen MR) is 89.0 cm³/mol. The van der Waals surface area contributed by atoms with Crippen LogP contribution in [-0.2, 0) is 11.2 Å². The third-order valence-corrected chi connectivity index (χ3v) is 4.79. The highest BCUT2D eigenvalue weighted by Gasteiger charge is 2.34. The van der Waals surface area contributed by atoms with Crippen LogP contribution in [0.3, 0.4) is 0 Å². The van der Waals surface area contributed by atoms with E-state index in [1.807, 2.05) is 13.8 Å². The molecule has 0 bridgehead atoms. The number of fused-ring (bicyclic) bond motifs is 1. The van der Waals surface area contributed by atoms with Crippen molar-refractivity contribution >= 4 is 28.2 Å². The molecular formula is C17H16F2N2O3S. The highest BCUT2D eigenvalue weighted by atomic mass is 32.1. The number of carbonyl (C=O) groups is 2. The summed E-state index contributed by atoms with van der Waals surface area (Å²) in [6.07, 6.45) is 1.11. The minimum Gasteiger partial charge on any atom is -0.481 e. The van der Waals surface area contributed by atoms with Gasteiger partial charge in [-0.25, -0.2) is 13.8 Å². The molecule has 0 atom stereocenters. The number of Topliss-reactive ketones (excluding diaryl/α,β-unsaturated/α-hetero) is 1. The number of anilines is 1. The van der Waals surface area contributed by atoms with E-state index in [0.717, 1.165) is 23.5 Å². The number of ketones is 1. The van der Waals surface area contributed by atoms with Gasteiger partial charge in [-0.3, -0.25) is 14.9 Å². The zero-order valence-corrected chi connectivity index (χ0v) is 14.5. The maximum Gasteiger partial charge on any atom is 0.264 e. The van der Waals surface area contributed by atoms with E-state index in [1.54, 1.807) is 0 Å². The fourth-order valence-corrected chi connectivity index (χ4v) is 3.60. The number of rotatable bonds is 4. The van der Waals surface area contributed by atoms with Gasteiger partial charge in [-0.15, -0.1) is 0 Å². The van der Waals surface area contributed by atoms with Gasteiger partial charge in [0.05, 0.1) is 10.6 Å². The molecule has 2 aromatic rings. The standard InChI is InChI=1S/C17H16F2N2O3S/c1-17(2)6-11-15(12(22)7-17)25-16(20-11)21-14(23)8-24-13-4-3-9(18)5-10(13)19/h3-5H,6-8H2,1-2H3,(H,20,21,23). The molecule has 8 heteroatoms. The van der Waals surface area contributed by atoms with Gasteiger partial charge in [0.15, 0.2) is 29.1 Å². The van der Waals surface area contributed by atoms with Crippen LogP contribution >= 0.6 is 11.3 Å². The Balaban J connectivity index is 1.63. The predicted octanol–water partition coefficient (Wildman–Crippen LogP) is 3.59. The Morgan fingerprint density at radius 3 is 2.84 bits per heavy atom. The van der Waals surface area contributed by atoms with Crippen LogP contribution in [0.1, 0.15) is 35.6 Å². The molecule has 0 saturated carbocycles. The first-order valence-corrected chi connectivity index (χ1v) is 8.46. The first-order chi connectivity index (χ1) is 11.7. The Bertz CT molecular complexity index is 848. The minimum atomic E-state index is -0.884. The van der Waals surface area contributed by atoms with Crippen molar-refractivity contribution in [3.05, 3.63) is 40.4 Å². The molecule has 1 aromatic heterocycles. The summed E-state index contributed by atoms with van der Waals surface area (Å²) in [5, 5.41) is 2.85. The number of hydrogen-bond donors (Lipinski definition) is 1. The smallest absolute Gasteiger partial charge is 0.264 e. The molecule has 0 aliphatic heterocycles. The Kier molecular flexibility index (Phi) is 4.55. The first-order valence-electron chi connectivity index (χ1n) is 7.64. The number of benzene rings is 1. The van der Waals surface area contributed by atoms with Crippen LogP contribution in [0, 0.1) is 17.0 Å². The summed E-state index contributed by atoms with van der Waals surface area (Å²) in [5.74, 6) is -2.34. The first kappa shape index (κ1) is 17.5. The van der Waals surface area contributed by atoms with Crippen molar-refractivity contribution in [1.29, 1.82) is 0 Å². The van der Waals surface area contributed by atoms with E-state index >= 15 is 0 Å². The molecule has 0 unspecified atom stereocenters. The lowest BCUT2D eigenvalue weighted by molar-refractivity contribution is -0.118. The van der Waals surface area contributed by atoms with E-state index in [0.29, 0.717) is 34.6 Å². The number of hydrogen-bond acceptors (Lipinski definition) is 5. The van der Waals surface area contributed by atoms with Crippen LogP contribution in [0.4, 0.5) is 13.9 Å². The highest BCUT2D eigenvalue weighted by Crippen LogP contribution is 2.38. The Hall–Kier alpha value is -2.35. The quantitative estimate of drug-likeness (QED) is 0.898. The number of aromatic nitrogens is 1. The third kappa shape index (κ3) is 4.01. The van der Waals surface area contributed by atoms with Crippen LogP contribution in [0.5, 0.6) is 5.75 Å². The average Bonchev–Trinajstić information content (AvgIpc) is 2.87. The Morgan fingerprint density at radius 1 is 1.36 bits per heavy atom. The SMILES string of the molecule is CC1(C)CC(=O)c2sc(NC(=O)COc3ccc(F)cc3F)nc2C1. The van der Waals surface area contributed by atoms with E-state index in [9.17, 15) is 18.4 Å². The highest BCUT2D eigenvalue weighted by molar-refractivity contribution is 7.17. The maximum atomic E-state index is 13.5. The number of nitrogens with one attached hydrogen (secondary N) is 1. The van der Waals surface area contributed by atoms with Crippen LogP contribution < -0.4 is 10.1 Å². The van der Waals surface area contributed by atoms with Crippen molar-refractivity contribution in [2.75, 3.05) is 11.9 Å². The monoisotopic (exact) mass is 366 g/mol. The summed E-state index contributed by atoms with van der Waals surface area (Å²) in [4.78, 5) is 28.9. The van der Waals surface area contributed by atoms with Crippen molar-refractivity contribution in [3.8, 4) is 5.75 Å². The molecule has 1 aliphatic rings. The number of amides is 1. The lowest BCUT2D eigenvalue weighted by Gasteiger charge is -2.26. The van der Waals surface area contributed by atoms with Gasteiger partial charge < -0.3 is 4.74 Å². The molecule has 25 heavy (non-hydrogen) atoms. The maximum absolute atomic E-state index is 13.5. The topological polar surface area (TPSA) is 68.3 Å². The Morgan fingerprint density at radius 2 is 2.12 bits per heavy atom. The summed E-state index contributed by atoms with van der Waals surface area (Å²) < 4.78 is 31.3. The van der Waals surface area contributed by atoms with Crippen LogP contribution in [0.2, 0.25) is 0 Å². The number of ether oxygens (including phenoxy) is 1. The van der Waals surface area contributed by atoms with E-state index in [-0.39, 0.29) is 16.9 Å². The molecule has 0 spiro atoms. The average molecular weight is 366 g/mol.